The number of rotatable bonds is 8. The molecule has 0 saturated carbocycles. The normalized spacial score (nSPS) is 15.0. The van der Waals surface area contributed by atoms with Gasteiger partial charge in [0, 0.05) is 25.7 Å². The number of nitrogens with two attached hydrogens (primary N) is 1. The van der Waals surface area contributed by atoms with E-state index in [2.05, 4.69) is 5.43 Å². The number of ether oxygens (including phenoxy) is 2. The van der Waals surface area contributed by atoms with Gasteiger partial charge in [0.1, 0.15) is 0 Å². The summed E-state index contributed by atoms with van der Waals surface area (Å²) in [5, 5.41) is 0. The van der Waals surface area contributed by atoms with Gasteiger partial charge in [-0.1, -0.05) is 42.5 Å². The number of amides is 1. The van der Waals surface area contributed by atoms with Crippen LogP contribution in [0, 0.1) is 0 Å². The SMILES string of the molecule is CN(C(=O)C1(CCc2ccccc2)OC(=O)C(=O)O1)c1ccc(CCNN)cc1. The van der Waals surface area contributed by atoms with Gasteiger partial charge < -0.3 is 14.4 Å². The standard InChI is InChI=1S/C21H23N3O5/c1-24(17-9-7-16(8-10-17)12-14-23-22)20(27)21(28-18(25)19(26)29-21)13-11-15-5-3-2-4-6-15/h2-10,23H,11-14,22H2,1H3. The van der Waals surface area contributed by atoms with Gasteiger partial charge in [-0.15, -0.1) is 0 Å². The summed E-state index contributed by atoms with van der Waals surface area (Å²) in [5.41, 5.74) is 5.15. The highest BCUT2D eigenvalue weighted by Crippen LogP contribution is 2.31. The molecule has 0 spiro atoms. The third-order valence-electron chi connectivity index (χ3n) is 4.78. The number of esters is 2. The van der Waals surface area contributed by atoms with Crippen molar-refractivity contribution in [3.63, 3.8) is 0 Å². The Morgan fingerprint density at radius 1 is 0.966 bits per heavy atom. The van der Waals surface area contributed by atoms with E-state index in [4.69, 9.17) is 15.3 Å². The maximum absolute atomic E-state index is 13.2. The molecule has 8 heteroatoms. The molecule has 0 atom stereocenters. The van der Waals surface area contributed by atoms with Crippen molar-refractivity contribution >= 4 is 23.5 Å². The van der Waals surface area contributed by atoms with Crippen molar-refractivity contribution < 1.29 is 23.9 Å². The Morgan fingerprint density at radius 2 is 1.55 bits per heavy atom. The van der Waals surface area contributed by atoms with E-state index in [9.17, 15) is 14.4 Å². The molecule has 0 radical (unpaired) electrons. The predicted molar refractivity (Wildman–Crippen MR) is 105 cm³/mol. The molecule has 1 aliphatic rings. The van der Waals surface area contributed by atoms with Crippen molar-refractivity contribution in [2.45, 2.75) is 25.0 Å². The molecule has 0 aromatic heterocycles. The molecule has 0 unspecified atom stereocenters. The average molecular weight is 397 g/mol. The summed E-state index contributed by atoms with van der Waals surface area (Å²) >= 11 is 0. The molecule has 2 aromatic rings. The molecule has 1 amide bonds. The van der Waals surface area contributed by atoms with Crippen LogP contribution in [0.25, 0.3) is 0 Å². The number of carbonyl (C=O) groups is 3. The zero-order chi connectivity index (χ0) is 20.9. The van der Waals surface area contributed by atoms with Crippen LogP contribution in [-0.4, -0.2) is 37.2 Å². The van der Waals surface area contributed by atoms with Gasteiger partial charge in [-0.3, -0.25) is 16.1 Å². The molecule has 2 aromatic carbocycles. The van der Waals surface area contributed by atoms with Crippen molar-refractivity contribution in [3.8, 4) is 0 Å². The van der Waals surface area contributed by atoms with Crippen LogP contribution in [0.2, 0.25) is 0 Å². The molecular formula is C21H23N3O5. The molecule has 3 rings (SSSR count). The zero-order valence-electron chi connectivity index (χ0n) is 16.1. The predicted octanol–water partition coefficient (Wildman–Crippen LogP) is 1.08. The van der Waals surface area contributed by atoms with E-state index in [1.807, 2.05) is 42.5 Å². The number of cyclic esters (lactones) is 2. The molecule has 0 aliphatic carbocycles. The summed E-state index contributed by atoms with van der Waals surface area (Å²) < 4.78 is 10.3. The lowest BCUT2D eigenvalue weighted by Gasteiger charge is -2.29. The van der Waals surface area contributed by atoms with Crippen LogP contribution in [0.3, 0.4) is 0 Å². The topological polar surface area (TPSA) is 111 Å². The van der Waals surface area contributed by atoms with E-state index in [-0.39, 0.29) is 6.42 Å². The Kier molecular flexibility index (Phi) is 6.26. The average Bonchev–Trinajstić information content (AvgIpc) is 3.05. The van der Waals surface area contributed by atoms with Gasteiger partial charge in [-0.2, -0.15) is 0 Å². The Morgan fingerprint density at radius 3 is 2.14 bits per heavy atom. The molecule has 1 aliphatic heterocycles. The van der Waals surface area contributed by atoms with Gasteiger partial charge >= 0.3 is 23.6 Å². The summed E-state index contributed by atoms with van der Waals surface area (Å²) in [6.45, 7) is 0.628. The van der Waals surface area contributed by atoms with E-state index in [1.165, 1.54) is 4.90 Å². The summed E-state index contributed by atoms with van der Waals surface area (Å²) in [7, 11) is 1.54. The minimum absolute atomic E-state index is 0.0257. The van der Waals surface area contributed by atoms with Crippen molar-refractivity contribution in [2.24, 2.45) is 5.84 Å². The van der Waals surface area contributed by atoms with Crippen molar-refractivity contribution in [1.29, 1.82) is 0 Å². The highest BCUT2D eigenvalue weighted by Gasteiger charge is 2.55. The lowest BCUT2D eigenvalue weighted by Crippen LogP contribution is -2.49. The molecule has 8 nitrogen and oxygen atoms in total. The number of hydrazine groups is 1. The number of nitrogens with one attached hydrogen (secondary N) is 1. The largest absolute Gasteiger partial charge is 0.421 e. The molecule has 152 valence electrons. The minimum atomic E-state index is -1.97. The molecule has 1 saturated heterocycles. The number of hydrogen-bond donors (Lipinski definition) is 2. The first-order valence-corrected chi connectivity index (χ1v) is 9.26. The van der Waals surface area contributed by atoms with Gasteiger partial charge in [-0.05, 0) is 36.1 Å². The maximum atomic E-state index is 13.2. The van der Waals surface area contributed by atoms with Crippen LogP contribution < -0.4 is 16.2 Å². The quantitative estimate of drug-likeness (QED) is 0.297. The van der Waals surface area contributed by atoms with E-state index < -0.39 is 23.6 Å². The number of anilines is 1. The number of carbonyl (C=O) groups excluding carboxylic acids is 3. The van der Waals surface area contributed by atoms with Crippen LogP contribution in [0.4, 0.5) is 5.69 Å². The van der Waals surface area contributed by atoms with Gasteiger partial charge in [0.05, 0.1) is 0 Å². The van der Waals surface area contributed by atoms with E-state index in [0.717, 1.165) is 17.5 Å². The molecular weight excluding hydrogens is 374 g/mol. The molecule has 3 N–H and O–H groups in total. The Balaban J connectivity index is 1.78. The molecule has 1 heterocycles. The maximum Gasteiger partial charge on any atom is 0.421 e. The van der Waals surface area contributed by atoms with E-state index in [1.54, 1.807) is 19.2 Å². The highest BCUT2D eigenvalue weighted by molar-refractivity contribution is 6.32. The highest BCUT2D eigenvalue weighted by atomic mass is 16.8. The second-order valence-electron chi connectivity index (χ2n) is 6.75. The fourth-order valence-corrected chi connectivity index (χ4v) is 3.13. The first-order chi connectivity index (χ1) is 13.9. The second kappa shape index (κ2) is 8.85. The number of aryl methyl sites for hydroxylation is 1. The van der Waals surface area contributed by atoms with Gasteiger partial charge in [-0.25, -0.2) is 9.59 Å². The Labute approximate surface area is 168 Å². The van der Waals surface area contributed by atoms with Crippen molar-refractivity contribution in [1.82, 2.24) is 5.43 Å². The third-order valence-corrected chi connectivity index (χ3v) is 4.78. The number of likely N-dealkylation sites (N-methyl/N-ethyl adjacent to an activating group) is 1. The summed E-state index contributed by atoms with van der Waals surface area (Å²) in [6, 6.07) is 16.7. The third kappa shape index (κ3) is 4.61. The first-order valence-electron chi connectivity index (χ1n) is 9.26. The Hall–Kier alpha value is -3.23. The summed E-state index contributed by atoms with van der Waals surface area (Å²) in [4.78, 5) is 38.0. The van der Waals surface area contributed by atoms with Crippen LogP contribution >= 0.6 is 0 Å². The summed E-state index contributed by atoms with van der Waals surface area (Å²) in [6.07, 6.45) is 1.16. The van der Waals surface area contributed by atoms with Crippen molar-refractivity contribution in [2.75, 3.05) is 18.5 Å². The number of benzene rings is 2. The number of nitrogens with zero attached hydrogens (tertiary/aromatic N) is 1. The van der Waals surface area contributed by atoms with Crippen LogP contribution in [0.5, 0.6) is 0 Å². The monoisotopic (exact) mass is 397 g/mol. The first kappa shape index (κ1) is 20.5. The Bertz CT molecular complexity index is 867. The second-order valence-corrected chi connectivity index (χ2v) is 6.75. The van der Waals surface area contributed by atoms with E-state index >= 15 is 0 Å². The van der Waals surface area contributed by atoms with E-state index in [0.29, 0.717) is 18.7 Å². The van der Waals surface area contributed by atoms with Gasteiger partial charge in [0.15, 0.2) is 0 Å². The zero-order valence-corrected chi connectivity index (χ0v) is 16.1. The van der Waals surface area contributed by atoms with Crippen molar-refractivity contribution in [3.05, 3.63) is 65.7 Å². The molecule has 29 heavy (non-hydrogen) atoms. The fourth-order valence-electron chi connectivity index (χ4n) is 3.13. The van der Waals surface area contributed by atoms with Crippen LogP contribution in [0.15, 0.2) is 54.6 Å². The summed E-state index contributed by atoms with van der Waals surface area (Å²) in [5.74, 6) is 0.368. The molecule has 0 bridgehead atoms. The van der Waals surface area contributed by atoms with Crippen LogP contribution in [-0.2, 0) is 36.7 Å². The minimum Gasteiger partial charge on any atom is -0.405 e. The van der Waals surface area contributed by atoms with Gasteiger partial charge in [0.2, 0.25) is 0 Å². The lowest BCUT2D eigenvalue weighted by molar-refractivity contribution is -0.189. The van der Waals surface area contributed by atoms with Crippen LogP contribution in [0.1, 0.15) is 17.5 Å². The lowest BCUT2D eigenvalue weighted by atomic mass is 10.0. The number of hydrogen-bond acceptors (Lipinski definition) is 7. The smallest absolute Gasteiger partial charge is 0.405 e. The van der Waals surface area contributed by atoms with Gasteiger partial charge in [0.25, 0.3) is 0 Å². The fraction of sp³-hybridized carbons (Fsp3) is 0.286. The molecule has 1 fully saturated rings.